The predicted octanol–water partition coefficient (Wildman–Crippen LogP) is 4.40. The number of rotatable bonds is 4. The molecule has 2 atom stereocenters. The van der Waals surface area contributed by atoms with Crippen LogP contribution in [0.3, 0.4) is 0 Å². The zero-order valence-electron chi connectivity index (χ0n) is 11.2. The Labute approximate surface area is 110 Å². The molecular weight excluding hydrogens is 267 g/mol. The third-order valence-corrected chi connectivity index (χ3v) is 4.63. The van der Waals surface area contributed by atoms with E-state index >= 15 is 0 Å². The molecule has 1 aliphatic carbocycles. The lowest BCUT2D eigenvalue weighted by Gasteiger charge is -2.41. The van der Waals surface area contributed by atoms with Gasteiger partial charge in [0.15, 0.2) is 0 Å². The first-order valence-corrected chi connectivity index (χ1v) is 6.71. The lowest BCUT2D eigenvalue weighted by molar-refractivity contribution is -0.321. The van der Waals surface area contributed by atoms with E-state index in [4.69, 9.17) is 0 Å². The third kappa shape index (κ3) is 3.20. The van der Waals surface area contributed by atoms with E-state index in [2.05, 4.69) is 0 Å². The lowest BCUT2D eigenvalue weighted by atomic mass is 9.70. The molecule has 0 aliphatic heterocycles. The smallest absolute Gasteiger partial charge is 0.376 e. The third-order valence-electron chi connectivity index (χ3n) is 4.63. The van der Waals surface area contributed by atoms with Crippen LogP contribution >= 0.6 is 0 Å². The first kappa shape index (κ1) is 16.7. The van der Waals surface area contributed by atoms with Gasteiger partial charge in [-0.05, 0) is 37.5 Å². The molecule has 19 heavy (non-hydrogen) atoms. The maximum atomic E-state index is 12.7. The van der Waals surface area contributed by atoms with Crippen LogP contribution in [-0.2, 0) is 0 Å². The van der Waals surface area contributed by atoms with Crippen molar-refractivity contribution in [3.05, 3.63) is 0 Å². The van der Waals surface area contributed by atoms with Gasteiger partial charge < -0.3 is 5.11 Å². The maximum absolute atomic E-state index is 12.7. The Hall–Kier alpha value is -0.390. The monoisotopic (exact) mass is 288 g/mol. The van der Waals surface area contributed by atoms with Gasteiger partial charge in [0.25, 0.3) is 6.43 Å². The Morgan fingerprint density at radius 1 is 1.11 bits per heavy atom. The SMILES string of the molecule is CCC(C)C1CCC(C(O)(C(F)F)C(F)(F)F)CC1. The van der Waals surface area contributed by atoms with E-state index in [1.807, 2.05) is 13.8 Å². The predicted molar refractivity (Wildman–Crippen MR) is 61.9 cm³/mol. The van der Waals surface area contributed by atoms with Crippen LogP contribution in [0.5, 0.6) is 0 Å². The number of halogens is 5. The van der Waals surface area contributed by atoms with Gasteiger partial charge in [-0.15, -0.1) is 0 Å². The molecule has 0 saturated heterocycles. The van der Waals surface area contributed by atoms with Crippen molar-refractivity contribution < 1.29 is 27.1 Å². The summed E-state index contributed by atoms with van der Waals surface area (Å²) in [6.07, 6.45) is -7.18. The van der Waals surface area contributed by atoms with E-state index in [1.165, 1.54) is 0 Å². The average molecular weight is 288 g/mol. The molecule has 114 valence electrons. The molecular formula is C13H21F5O. The molecule has 1 saturated carbocycles. The van der Waals surface area contributed by atoms with Crippen molar-refractivity contribution in [2.75, 3.05) is 0 Å². The molecule has 0 spiro atoms. The number of alkyl halides is 5. The van der Waals surface area contributed by atoms with Gasteiger partial charge in [0, 0.05) is 5.92 Å². The first-order chi connectivity index (χ1) is 8.64. The molecule has 0 aromatic heterocycles. The highest BCUT2D eigenvalue weighted by molar-refractivity contribution is 4.97. The summed E-state index contributed by atoms with van der Waals surface area (Å²) in [4.78, 5) is 0. The van der Waals surface area contributed by atoms with Gasteiger partial charge in [-0.2, -0.15) is 13.2 Å². The van der Waals surface area contributed by atoms with Crippen LogP contribution < -0.4 is 0 Å². The molecule has 1 fully saturated rings. The first-order valence-electron chi connectivity index (χ1n) is 6.71. The lowest BCUT2D eigenvalue weighted by Crippen LogP contribution is -2.57. The molecule has 0 amide bonds. The molecule has 1 aliphatic rings. The second-order valence-electron chi connectivity index (χ2n) is 5.62. The average Bonchev–Trinajstić information content (AvgIpc) is 2.35. The van der Waals surface area contributed by atoms with Crippen LogP contribution in [0.4, 0.5) is 22.0 Å². The van der Waals surface area contributed by atoms with Crippen molar-refractivity contribution in [3.8, 4) is 0 Å². The second-order valence-corrected chi connectivity index (χ2v) is 5.62. The second kappa shape index (κ2) is 5.94. The number of hydrogen-bond acceptors (Lipinski definition) is 1. The van der Waals surface area contributed by atoms with E-state index in [0.717, 1.165) is 6.42 Å². The Kier molecular flexibility index (Phi) is 5.21. The fraction of sp³-hybridized carbons (Fsp3) is 1.00. The largest absolute Gasteiger partial charge is 0.423 e. The van der Waals surface area contributed by atoms with Gasteiger partial charge in [0.2, 0.25) is 5.60 Å². The molecule has 0 aromatic carbocycles. The van der Waals surface area contributed by atoms with Crippen LogP contribution in [0, 0.1) is 17.8 Å². The molecule has 1 N–H and O–H groups in total. The van der Waals surface area contributed by atoms with E-state index in [9.17, 15) is 27.1 Å². The molecule has 0 heterocycles. The van der Waals surface area contributed by atoms with Gasteiger partial charge in [-0.1, -0.05) is 20.3 Å². The highest BCUT2D eigenvalue weighted by Crippen LogP contribution is 2.48. The zero-order valence-corrected chi connectivity index (χ0v) is 11.2. The topological polar surface area (TPSA) is 20.2 Å². The van der Waals surface area contributed by atoms with Crippen molar-refractivity contribution in [3.63, 3.8) is 0 Å². The fourth-order valence-electron chi connectivity index (χ4n) is 3.00. The van der Waals surface area contributed by atoms with E-state index in [-0.39, 0.29) is 18.8 Å². The standard InChI is InChI=1S/C13H21F5O/c1-3-8(2)9-4-6-10(7-5-9)12(19,11(14)15)13(16,17)18/h8-11,19H,3-7H2,1-2H3. The molecule has 2 unspecified atom stereocenters. The molecule has 6 heteroatoms. The van der Waals surface area contributed by atoms with Crippen LogP contribution in [0.15, 0.2) is 0 Å². The number of aliphatic hydroxyl groups is 1. The van der Waals surface area contributed by atoms with Crippen LogP contribution in [0.2, 0.25) is 0 Å². The van der Waals surface area contributed by atoms with Crippen molar-refractivity contribution in [1.29, 1.82) is 0 Å². The van der Waals surface area contributed by atoms with Gasteiger partial charge in [0.1, 0.15) is 0 Å². The van der Waals surface area contributed by atoms with Crippen LogP contribution in [0.1, 0.15) is 46.0 Å². The summed E-state index contributed by atoms with van der Waals surface area (Å²) >= 11 is 0. The molecule has 1 nitrogen and oxygen atoms in total. The van der Waals surface area contributed by atoms with Crippen molar-refractivity contribution in [2.45, 2.75) is 64.2 Å². The van der Waals surface area contributed by atoms with Crippen LogP contribution in [-0.4, -0.2) is 23.3 Å². The van der Waals surface area contributed by atoms with Crippen LogP contribution in [0.25, 0.3) is 0 Å². The van der Waals surface area contributed by atoms with E-state index in [0.29, 0.717) is 18.8 Å². The summed E-state index contributed by atoms with van der Waals surface area (Å²) in [5.41, 5.74) is -3.85. The van der Waals surface area contributed by atoms with Gasteiger partial charge >= 0.3 is 6.18 Å². The summed E-state index contributed by atoms with van der Waals surface area (Å²) in [5, 5.41) is 9.46. The summed E-state index contributed by atoms with van der Waals surface area (Å²) in [6.45, 7) is 4.02. The molecule has 0 radical (unpaired) electrons. The highest BCUT2D eigenvalue weighted by atomic mass is 19.4. The summed E-state index contributed by atoms with van der Waals surface area (Å²) in [5.74, 6) is -0.740. The van der Waals surface area contributed by atoms with E-state index < -0.39 is 24.1 Å². The minimum Gasteiger partial charge on any atom is -0.376 e. The minimum absolute atomic E-state index is 0.00928. The maximum Gasteiger partial charge on any atom is 0.423 e. The Bertz CT molecular complexity index is 283. The van der Waals surface area contributed by atoms with Gasteiger partial charge in [-0.3, -0.25) is 0 Å². The van der Waals surface area contributed by atoms with Crippen molar-refractivity contribution in [1.82, 2.24) is 0 Å². The quantitative estimate of drug-likeness (QED) is 0.760. The summed E-state index contributed by atoms with van der Waals surface area (Å²) in [6, 6.07) is 0. The van der Waals surface area contributed by atoms with Gasteiger partial charge in [-0.25, -0.2) is 8.78 Å². The zero-order chi connectivity index (χ0) is 14.8. The van der Waals surface area contributed by atoms with Crippen molar-refractivity contribution in [2.24, 2.45) is 17.8 Å². The number of hydrogen-bond donors (Lipinski definition) is 1. The Morgan fingerprint density at radius 3 is 1.89 bits per heavy atom. The molecule has 1 rings (SSSR count). The molecule has 0 aromatic rings. The highest BCUT2D eigenvalue weighted by Gasteiger charge is 2.64. The fourth-order valence-corrected chi connectivity index (χ4v) is 3.00. The molecule has 0 bridgehead atoms. The van der Waals surface area contributed by atoms with Crippen molar-refractivity contribution >= 4 is 0 Å². The van der Waals surface area contributed by atoms with E-state index in [1.54, 1.807) is 0 Å². The minimum atomic E-state index is -5.28. The summed E-state index contributed by atoms with van der Waals surface area (Å²) < 4.78 is 63.6. The van der Waals surface area contributed by atoms with Gasteiger partial charge in [0.05, 0.1) is 0 Å². The Balaban J connectivity index is 2.77. The normalized spacial score (nSPS) is 30.2. The Morgan fingerprint density at radius 2 is 1.58 bits per heavy atom. The summed E-state index contributed by atoms with van der Waals surface area (Å²) in [7, 11) is 0.